The summed E-state index contributed by atoms with van der Waals surface area (Å²) in [5, 5.41) is 13.0. The van der Waals surface area contributed by atoms with Gasteiger partial charge < -0.3 is 10.4 Å². The van der Waals surface area contributed by atoms with E-state index in [1.54, 1.807) is 12.1 Å². The Hall–Kier alpha value is -2.98. The number of nitrogens with one attached hydrogen (secondary N) is 1. The first-order valence-electron chi connectivity index (χ1n) is 9.52. The summed E-state index contributed by atoms with van der Waals surface area (Å²) < 4.78 is 13.1. The van der Waals surface area contributed by atoms with Gasteiger partial charge in [0.25, 0.3) is 0 Å². The van der Waals surface area contributed by atoms with Crippen molar-refractivity contribution in [1.82, 2.24) is 0 Å². The second kappa shape index (κ2) is 7.95. The normalized spacial score (nSPS) is 15.7. The van der Waals surface area contributed by atoms with Gasteiger partial charge in [-0.15, -0.1) is 0 Å². The van der Waals surface area contributed by atoms with Crippen LogP contribution >= 0.6 is 0 Å². The number of carbonyl (C=O) groups is 1. The van der Waals surface area contributed by atoms with Crippen molar-refractivity contribution in [1.29, 1.82) is 0 Å². The standard InChI is InChI=1S/C24H22FNO2/c25-20-10-7-17(8-11-20)19-5-1-3-16(13-19)14-24(28)26-23-6-2-4-18-9-12-21(27)15-22(18)23/h1-8,10-11,13,21,27H,9,12,14-15H2,(H,26,28). The molecule has 142 valence electrons. The third kappa shape index (κ3) is 4.12. The molecule has 1 unspecified atom stereocenters. The van der Waals surface area contributed by atoms with Crippen molar-refractivity contribution >= 4 is 11.6 Å². The zero-order valence-electron chi connectivity index (χ0n) is 15.5. The van der Waals surface area contributed by atoms with Crippen molar-refractivity contribution in [2.75, 3.05) is 5.32 Å². The number of aryl methyl sites for hydroxylation is 1. The highest BCUT2D eigenvalue weighted by atomic mass is 19.1. The predicted molar refractivity (Wildman–Crippen MR) is 109 cm³/mol. The van der Waals surface area contributed by atoms with Gasteiger partial charge in [-0.25, -0.2) is 4.39 Å². The van der Waals surface area contributed by atoms with E-state index in [1.165, 1.54) is 17.7 Å². The molecule has 4 rings (SSSR count). The van der Waals surface area contributed by atoms with Gasteiger partial charge in [0.05, 0.1) is 12.5 Å². The maximum absolute atomic E-state index is 13.1. The van der Waals surface area contributed by atoms with Crippen molar-refractivity contribution in [3.8, 4) is 11.1 Å². The SMILES string of the molecule is O=C(Cc1cccc(-c2ccc(F)cc2)c1)Nc1cccc2c1CC(O)CC2. The summed E-state index contributed by atoms with van der Waals surface area (Å²) >= 11 is 0. The molecule has 1 amide bonds. The zero-order chi connectivity index (χ0) is 19.5. The fourth-order valence-electron chi connectivity index (χ4n) is 3.77. The third-order valence-corrected chi connectivity index (χ3v) is 5.20. The number of benzene rings is 3. The highest BCUT2D eigenvalue weighted by Gasteiger charge is 2.20. The van der Waals surface area contributed by atoms with Gasteiger partial charge in [-0.1, -0.05) is 48.5 Å². The van der Waals surface area contributed by atoms with Gasteiger partial charge in [0, 0.05) is 12.1 Å². The number of amides is 1. The Morgan fingerprint density at radius 1 is 1.04 bits per heavy atom. The maximum atomic E-state index is 13.1. The first kappa shape index (κ1) is 18.4. The molecule has 3 aromatic carbocycles. The molecule has 0 aliphatic heterocycles. The number of fused-ring (bicyclic) bond motifs is 1. The molecule has 3 aromatic rings. The predicted octanol–water partition coefficient (Wildman–Crippen LogP) is 4.52. The van der Waals surface area contributed by atoms with Gasteiger partial charge in [-0.05, 0) is 58.9 Å². The fourth-order valence-corrected chi connectivity index (χ4v) is 3.77. The van der Waals surface area contributed by atoms with Crippen LogP contribution in [0, 0.1) is 5.82 Å². The highest BCUT2D eigenvalue weighted by molar-refractivity contribution is 5.93. The number of aliphatic hydroxyl groups excluding tert-OH is 1. The number of rotatable bonds is 4. The van der Waals surface area contributed by atoms with E-state index in [2.05, 4.69) is 11.4 Å². The average Bonchev–Trinajstić information content (AvgIpc) is 2.69. The van der Waals surface area contributed by atoms with Crippen LogP contribution in [0.25, 0.3) is 11.1 Å². The van der Waals surface area contributed by atoms with Crippen molar-refractivity contribution in [2.24, 2.45) is 0 Å². The lowest BCUT2D eigenvalue weighted by Gasteiger charge is -2.23. The molecule has 0 bridgehead atoms. The van der Waals surface area contributed by atoms with E-state index in [1.807, 2.05) is 36.4 Å². The number of aliphatic hydroxyl groups is 1. The molecule has 0 fully saturated rings. The van der Waals surface area contributed by atoms with Crippen LogP contribution in [0.5, 0.6) is 0 Å². The number of hydrogen-bond donors (Lipinski definition) is 2. The average molecular weight is 375 g/mol. The highest BCUT2D eigenvalue weighted by Crippen LogP contribution is 2.28. The molecule has 0 heterocycles. The topological polar surface area (TPSA) is 49.3 Å². The molecule has 4 heteroatoms. The summed E-state index contributed by atoms with van der Waals surface area (Å²) in [6.07, 6.45) is 2.08. The largest absolute Gasteiger partial charge is 0.393 e. The Morgan fingerprint density at radius 2 is 1.82 bits per heavy atom. The van der Waals surface area contributed by atoms with Crippen LogP contribution in [0.1, 0.15) is 23.1 Å². The Labute approximate surface area is 163 Å². The summed E-state index contributed by atoms with van der Waals surface area (Å²) in [5.74, 6) is -0.361. The van der Waals surface area contributed by atoms with E-state index in [9.17, 15) is 14.3 Å². The number of carbonyl (C=O) groups excluding carboxylic acids is 1. The van der Waals surface area contributed by atoms with Gasteiger partial charge in [-0.2, -0.15) is 0 Å². The molecule has 0 saturated carbocycles. The van der Waals surface area contributed by atoms with Crippen LogP contribution in [0.4, 0.5) is 10.1 Å². The number of hydrogen-bond acceptors (Lipinski definition) is 2. The van der Waals surface area contributed by atoms with E-state index in [4.69, 9.17) is 0 Å². The summed E-state index contributed by atoms with van der Waals surface area (Å²) in [7, 11) is 0. The molecule has 0 radical (unpaired) electrons. The second-order valence-electron chi connectivity index (χ2n) is 7.27. The fraction of sp³-hybridized carbons (Fsp3) is 0.208. The molecule has 1 aliphatic carbocycles. The minimum atomic E-state index is -0.349. The van der Waals surface area contributed by atoms with Crippen LogP contribution in [0.3, 0.4) is 0 Å². The monoisotopic (exact) mass is 375 g/mol. The van der Waals surface area contributed by atoms with Gasteiger partial charge >= 0.3 is 0 Å². The summed E-state index contributed by atoms with van der Waals surface area (Å²) in [6, 6.07) is 19.9. The molecule has 1 aliphatic rings. The third-order valence-electron chi connectivity index (χ3n) is 5.20. The summed E-state index contributed by atoms with van der Waals surface area (Å²) in [4.78, 5) is 12.6. The molecule has 0 saturated heterocycles. The lowest BCUT2D eigenvalue weighted by molar-refractivity contribution is -0.115. The lowest BCUT2D eigenvalue weighted by Crippen LogP contribution is -2.22. The van der Waals surface area contributed by atoms with Gasteiger partial charge in [0.1, 0.15) is 5.82 Å². The van der Waals surface area contributed by atoms with E-state index < -0.39 is 0 Å². The van der Waals surface area contributed by atoms with Crippen LogP contribution in [-0.2, 0) is 24.1 Å². The van der Waals surface area contributed by atoms with Crippen molar-refractivity contribution < 1.29 is 14.3 Å². The molecular formula is C24H22FNO2. The first-order chi connectivity index (χ1) is 13.6. The quantitative estimate of drug-likeness (QED) is 0.704. The Morgan fingerprint density at radius 3 is 2.64 bits per heavy atom. The molecule has 3 nitrogen and oxygen atoms in total. The molecule has 2 N–H and O–H groups in total. The van der Waals surface area contributed by atoms with Crippen LogP contribution in [0.2, 0.25) is 0 Å². The minimum Gasteiger partial charge on any atom is -0.393 e. The molecule has 1 atom stereocenters. The van der Waals surface area contributed by atoms with Crippen LogP contribution in [-0.4, -0.2) is 17.1 Å². The lowest BCUT2D eigenvalue weighted by atomic mass is 9.88. The Balaban J connectivity index is 1.49. The van der Waals surface area contributed by atoms with Crippen molar-refractivity contribution in [3.05, 3.63) is 89.2 Å². The maximum Gasteiger partial charge on any atom is 0.228 e. The summed E-state index contributed by atoms with van der Waals surface area (Å²) in [6.45, 7) is 0. The van der Waals surface area contributed by atoms with E-state index in [0.29, 0.717) is 6.42 Å². The Kier molecular flexibility index (Phi) is 5.22. The molecule has 0 aromatic heterocycles. The van der Waals surface area contributed by atoms with Crippen molar-refractivity contribution in [2.45, 2.75) is 31.8 Å². The smallest absolute Gasteiger partial charge is 0.228 e. The van der Waals surface area contributed by atoms with Crippen molar-refractivity contribution in [3.63, 3.8) is 0 Å². The van der Waals surface area contributed by atoms with Gasteiger partial charge in [-0.3, -0.25) is 4.79 Å². The molecule has 28 heavy (non-hydrogen) atoms. The van der Waals surface area contributed by atoms with E-state index >= 15 is 0 Å². The summed E-state index contributed by atoms with van der Waals surface area (Å²) in [5.41, 5.74) is 5.77. The number of anilines is 1. The van der Waals surface area contributed by atoms with E-state index in [0.717, 1.165) is 40.8 Å². The number of halogens is 1. The molecular weight excluding hydrogens is 353 g/mol. The Bertz CT molecular complexity index is 998. The molecule has 0 spiro atoms. The second-order valence-corrected chi connectivity index (χ2v) is 7.27. The minimum absolute atomic E-state index is 0.0929. The van der Waals surface area contributed by atoms with Crippen LogP contribution < -0.4 is 5.32 Å². The van der Waals surface area contributed by atoms with Crippen LogP contribution in [0.15, 0.2) is 66.7 Å². The first-order valence-corrected chi connectivity index (χ1v) is 9.52. The zero-order valence-corrected chi connectivity index (χ0v) is 15.5. The van der Waals surface area contributed by atoms with E-state index in [-0.39, 0.29) is 24.2 Å². The van der Waals surface area contributed by atoms with Gasteiger partial charge in [0.2, 0.25) is 5.91 Å². The van der Waals surface area contributed by atoms with Gasteiger partial charge in [0.15, 0.2) is 0 Å².